The SMILES string of the molecule is CCOC(=O)c1c(-c2ccc(Cl)cc2)csc1NC(=O)CN1CCCCC1C. The Bertz CT molecular complexity index is 835. The molecule has 1 amide bonds. The van der Waals surface area contributed by atoms with Gasteiger partial charge in [0.25, 0.3) is 0 Å². The van der Waals surface area contributed by atoms with Crippen LogP contribution < -0.4 is 5.32 Å². The van der Waals surface area contributed by atoms with E-state index in [1.165, 1.54) is 17.8 Å². The number of hydrogen-bond donors (Lipinski definition) is 1. The molecule has 1 aliphatic rings. The van der Waals surface area contributed by atoms with E-state index in [2.05, 4.69) is 17.1 Å². The summed E-state index contributed by atoms with van der Waals surface area (Å²) in [6.07, 6.45) is 3.44. The fourth-order valence-electron chi connectivity index (χ4n) is 3.44. The van der Waals surface area contributed by atoms with Crippen molar-refractivity contribution in [1.29, 1.82) is 0 Å². The Morgan fingerprint density at radius 2 is 2.04 bits per heavy atom. The van der Waals surface area contributed by atoms with Crippen molar-refractivity contribution < 1.29 is 14.3 Å². The van der Waals surface area contributed by atoms with E-state index >= 15 is 0 Å². The summed E-state index contributed by atoms with van der Waals surface area (Å²) in [5, 5.41) is 5.95. The number of rotatable bonds is 6. The van der Waals surface area contributed by atoms with Crippen LogP contribution in [-0.2, 0) is 9.53 Å². The third-order valence-electron chi connectivity index (χ3n) is 4.97. The Morgan fingerprint density at radius 1 is 1.29 bits per heavy atom. The summed E-state index contributed by atoms with van der Waals surface area (Å²) < 4.78 is 5.24. The van der Waals surface area contributed by atoms with Gasteiger partial charge in [0.15, 0.2) is 0 Å². The molecule has 1 fully saturated rings. The minimum Gasteiger partial charge on any atom is -0.462 e. The van der Waals surface area contributed by atoms with E-state index in [1.807, 2.05) is 17.5 Å². The maximum atomic E-state index is 12.6. The van der Waals surface area contributed by atoms with Crippen LogP contribution in [0.4, 0.5) is 5.00 Å². The second kappa shape index (κ2) is 9.54. The van der Waals surface area contributed by atoms with Crippen LogP contribution in [0, 0.1) is 0 Å². The normalized spacial score (nSPS) is 17.3. The number of esters is 1. The molecule has 28 heavy (non-hydrogen) atoms. The first-order chi connectivity index (χ1) is 13.5. The van der Waals surface area contributed by atoms with E-state index in [0.717, 1.165) is 30.5 Å². The van der Waals surface area contributed by atoms with Gasteiger partial charge in [0, 0.05) is 22.0 Å². The van der Waals surface area contributed by atoms with Crippen molar-refractivity contribution >= 4 is 39.8 Å². The number of nitrogens with zero attached hydrogens (tertiary/aromatic N) is 1. The zero-order chi connectivity index (χ0) is 20.1. The molecule has 0 saturated carbocycles. The molecule has 0 spiro atoms. The second-order valence-corrected chi connectivity index (χ2v) is 8.26. The minimum absolute atomic E-state index is 0.108. The number of carbonyl (C=O) groups excluding carboxylic acids is 2. The van der Waals surface area contributed by atoms with Gasteiger partial charge in [-0.1, -0.05) is 30.2 Å². The van der Waals surface area contributed by atoms with E-state index in [4.69, 9.17) is 16.3 Å². The maximum absolute atomic E-state index is 12.6. The summed E-state index contributed by atoms with van der Waals surface area (Å²) in [6, 6.07) is 7.67. The van der Waals surface area contributed by atoms with E-state index < -0.39 is 5.97 Å². The van der Waals surface area contributed by atoms with Crippen molar-refractivity contribution in [3.8, 4) is 11.1 Å². The molecule has 2 heterocycles. The second-order valence-electron chi connectivity index (χ2n) is 6.94. The number of likely N-dealkylation sites (tertiary alicyclic amines) is 1. The van der Waals surface area contributed by atoms with E-state index in [9.17, 15) is 9.59 Å². The Labute approximate surface area is 174 Å². The van der Waals surface area contributed by atoms with Crippen molar-refractivity contribution in [2.45, 2.75) is 39.2 Å². The predicted octanol–water partition coefficient (Wildman–Crippen LogP) is 5.06. The number of benzene rings is 1. The highest BCUT2D eigenvalue weighted by Gasteiger charge is 2.25. The van der Waals surface area contributed by atoms with Crippen LogP contribution in [0.15, 0.2) is 29.6 Å². The molecular formula is C21H25ClN2O3S. The molecule has 1 aromatic heterocycles. The first kappa shape index (κ1) is 20.8. The van der Waals surface area contributed by atoms with Gasteiger partial charge in [-0.3, -0.25) is 9.69 Å². The van der Waals surface area contributed by atoms with Crippen molar-refractivity contribution in [3.05, 3.63) is 40.2 Å². The number of piperidine rings is 1. The van der Waals surface area contributed by atoms with Gasteiger partial charge >= 0.3 is 5.97 Å². The average Bonchev–Trinajstić information content (AvgIpc) is 3.08. The van der Waals surface area contributed by atoms with E-state index in [1.54, 1.807) is 19.1 Å². The smallest absolute Gasteiger partial charge is 0.341 e. The van der Waals surface area contributed by atoms with Gasteiger partial charge in [0.2, 0.25) is 5.91 Å². The lowest BCUT2D eigenvalue weighted by Gasteiger charge is -2.32. The van der Waals surface area contributed by atoms with Crippen molar-refractivity contribution in [3.63, 3.8) is 0 Å². The maximum Gasteiger partial charge on any atom is 0.341 e. The average molecular weight is 421 g/mol. The summed E-state index contributed by atoms with van der Waals surface area (Å²) in [6.45, 7) is 5.45. The molecule has 1 saturated heterocycles. The number of ether oxygens (including phenoxy) is 1. The molecule has 3 rings (SSSR count). The number of nitrogens with one attached hydrogen (secondary N) is 1. The van der Waals surface area contributed by atoms with Gasteiger partial charge in [0.1, 0.15) is 10.6 Å². The molecule has 7 heteroatoms. The van der Waals surface area contributed by atoms with Crippen LogP contribution in [-0.4, -0.2) is 42.5 Å². The van der Waals surface area contributed by atoms with Gasteiger partial charge in [-0.05, 0) is 50.9 Å². The summed E-state index contributed by atoms with van der Waals surface area (Å²) >= 11 is 7.32. The van der Waals surface area contributed by atoms with Crippen LogP contribution in [0.1, 0.15) is 43.5 Å². The van der Waals surface area contributed by atoms with E-state index in [-0.39, 0.29) is 12.5 Å². The Kier molecular flexibility index (Phi) is 7.10. The molecule has 1 N–H and O–H groups in total. The fraction of sp³-hybridized carbons (Fsp3) is 0.429. The molecule has 2 aromatic rings. The highest BCUT2D eigenvalue weighted by atomic mass is 35.5. The topological polar surface area (TPSA) is 58.6 Å². The van der Waals surface area contributed by atoms with E-state index in [0.29, 0.717) is 28.2 Å². The zero-order valence-corrected chi connectivity index (χ0v) is 17.7. The highest BCUT2D eigenvalue weighted by Crippen LogP contribution is 2.36. The third kappa shape index (κ3) is 4.93. The number of hydrogen-bond acceptors (Lipinski definition) is 5. The summed E-state index contributed by atoms with van der Waals surface area (Å²) in [4.78, 5) is 27.4. The number of halogens is 1. The lowest BCUT2D eigenvalue weighted by molar-refractivity contribution is -0.118. The van der Waals surface area contributed by atoms with Gasteiger partial charge < -0.3 is 10.1 Å². The van der Waals surface area contributed by atoms with Crippen LogP contribution in [0.25, 0.3) is 11.1 Å². The zero-order valence-electron chi connectivity index (χ0n) is 16.2. The number of carbonyl (C=O) groups is 2. The summed E-state index contributed by atoms with van der Waals surface area (Å²) in [5.74, 6) is -0.542. The van der Waals surface area contributed by atoms with Crippen LogP contribution in [0.5, 0.6) is 0 Å². The fourth-order valence-corrected chi connectivity index (χ4v) is 4.54. The van der Waals surface area contributed by atoms with Crippen LogP contribution in [0.2, 0.25) is 5.02 Å². The molecule has 0 aliphatic carbocycles. The molecule has 0 radical (unpaired) electrons. The standard InChI is InChI=1S/C21H25ClN2O3S/c1-3-27-21(26)19-17(15-7-9-16(22)10-8-15)13-28-20(19)23-18(25)12-24-11-5-4-6-14(24)2/h7-10,13-14H,3-6,11-12H2,1-2H3,(H,23,25). The molecule has 1 aliphatic heterocycles. The first-order valence-electron chi connectivity index (χ1n) is 9.58. The predicted molar refractivity (Wildman–Crippen MR) is 114 cm³/mol. The molecule has 5 nitrogen and oxygen atoms in total. The molecule has 1 unspecified atom stereocenters. The summed E-state index contributed by atoms with van der Waals surface area (Å²) in [7, 11) is 0. The Balaban J connectivity index is 1.82. The molecule has 1 aromatic carbocycles. The first-order valence-corrected chi connectivity index (χ1v) is 10.8. The molecule has 150 valence electrons. The van der Waals surface area contributed by atoms with Gasteiger partial charge in [0.05, 0.1) is 13.2 Å². The van der Waals surface area contributed by atoms with Crippen molar-refractivity contribution in [1.82, 2.24) is 4.90 Å². The third-order valence-corrected chi connectivity index (χ3v) is 6.11. The van der Waals surface area contributed by atoms with Gasteiger partial charge in [-0.25, -0.2) is 4.79 Å². The highest BCUT2D eigenvalue weighted by molar-refractivity contribution is 7.15. The summed E-state index contributed by atoms with van der Waals surface area (Å²) in [5.41, 5.74) is 1.99. The number of amides is 1. The Morgan fingerprint density at radius 3 is 2.71 bits per heavy atom. The largest absolute Gasteiger partial charge is 0.462 e. The van der Waals surface area contributed by atoms with Crippen molar-refractivity contribution in [2.75, 3.05) is 25.0 Å². The molecule has 0 bridgehead atoms. The van der Waals surface area contributed by atoms with Crippen LogP contribution in [0.3, 0.4) is 0 Å². The number of thiophene rings is 1. The molecular weight excluding hydrogens is 396 g/mol. The molecule has 1 atom stereocenters. The van der Waals surface area contributed by atoms with Crippen molar-refractivity contribution in [2.24, 2.45) is 0 Å². The Hall–Kier alpha value is -1.89. The van der Waals surface area contributed by atoms with Gasteiger partial charge in [-0.15, -0.1) is 11.3 Å². The lowest BCUT2D eigenvalue weighted by atomic mass is 10.0. The van der Waals surface area contributed by atoms with Gasteiger partial charge in [-0.2, -0.15) is 0 Å². The minimum atomic E-state index is -0.435. The quantitative estimate of drug-likeness (QED) is 0.663. The van der Waals surface area contributed by atoms with Crippen LogP contribution >= 0.6 is 22.9 Å². The monoisotopic (exact) mass is 420 g/mol. The lowest BCUT2D eigenvalue weighted by Crippen LogP contribution is -2.42. The number of anilines is 1.